The van der Waals surface area contributed by atoms with Gasteiger partial charge in [-0.25, -0.2) is 0 Å². The van der Waals surface area contributed by atoms with Gasteiger partial charge in [-0.3, -0.25) is 4.90 Å². The van der Waals surface area contributed by atoms with Crippen LogP contribution in [0.15, 0.2) is 77.4 Å². The number of fused-ring (bicyclic) bond motifs is 3. The molecule has 0 radical (unpaired) electrons. The molecule has 0 aromatic heterocycles. The molecule has 2 aromatic rings. The third-order valence-electron chi connectivity index (χ3n) is 6.64. The fourth-order valence-corrected chi connectivity index (χ4v) is 5.13. The number of hydrogen-bond donors (Lipinski definition) is 3. The van der Waals surface area contributed by atoms with Crippen molar-refractivity contribution in [3.63, 3.8) is 0 Å². The lowest BCUT2D eigenvalue weighted by atomic mass is 9.66. The number of hydrogen-bond acceptors (Lipinski definition) is 5. The van der Waals surface area contributed by atoms with Gasteiger partial charge in [-0.05, 0) is 12.1 Å². The van der Waals surface area contributed by atoms with E-state index in [4.69, 9.17) is 5.73 Å². The second-order valence-electron chi connectivity index (χ2n) is 8.18. The van der Waals surface area contributed by atoms with Gasteiger partial charge < -0.3 is 16.0 Å². The van der Waals surface area contributed by atoms with Crippen LogP contribution in [0.1, 0.15) is 18.4 Å². The second-order valence-corrected chi connectivity index (χ2v) is 8.18. The summed E-state index contributed by atoms with van der Waals surface area (Å²) in [5, 5.41) is 23.7. The minimum atomic E-state index is -0.616. The van der Waals surface area contributed by atoms with Crippen LogP contribution in [-0.4, -0.2) is 13.1 Å². The van der Waals surface area contributed by atoms with Gasteiger partial charge in [0, 0.05) is 18.4 Å². The Morgan fingerprint density at radius 3 is 2.33 bits per heavy atom. The summed E-state index contributed by atoms with van der Waals surface area (Å²) < 4.78 is 0. The molecule has 3 aliphatic rings. The molecule has 0 amide bonds. The van der Waals surface area contributed by atoms with E-state index in [1.165, 1.54) is 10.5 Å². The molecule has 0 saturated carbocycles. The van der Waals surface area contributed by atoms with Crippen molar-refractivity contribution in [1.82, 2.24) is 0 Å². The Bertz CT molecular complexity index is 1140. The third kappa shape index (κ3) is 2.58. The summed E-state index contributed by atoms with van der Waals surface area (Å²) >= 11 is 0. The molecule has 0 atom stereocenters. The van der Waals surface area contributed by atoms with Gasteiger partial charge in [-0.1, -0.05) is 42.5 Å². The van der Waals surface area contributed by atoms with Crippen molar-refractivity contribution in [2.75, 3.05) is 23.3 Å². The zero-order chi connectivity index (χ0) is 20.7. The molecule has 3 heterocycles. The topological polar surface area (TPSA) is 93.3 Å². The number of quaternary nitrogens is 1. The van der Waals surface area contributed by atoms with Crippen LogP contribution in [0.3, 0.4) is 0 Å². The molecule has 30 heavy (non-hydrogen) atoms. The van der Waals surface area contributed by atoms with Crippen molar-refractivity contribution in [3.8, 4) is 12.1 Å². The number of likely N-dealkylation sites (tertiary alicyclic amines) is 1. The minimum Gasteiger partial charge on any atom is -0.384 e. The quantitative estimate of drug-likeness (QED) is 0.725. The lowest BCUT2D eigenvalue weighted by molar-refractivity contribution is -0.920. The fraction of sp³-hybridized carbons (Fsp3) is 0.250. The highest BCUT2D eigenvalue weighted by molar-refractivity contribution is 5.86. The largest absolute Gasteiger partial charge is 0.384 e. The Balaban J connectivity index is 1.51. The summed E-state index contributed by atoms with van der Waals surface area (Å²) in [6.45, 7) is 2.73. The van der Waals surface area contributed by atoms with E-state index in [1.54, 1.807) is 0 Å². The molecule has 3 aliphatic heterocycles. The van der Waals surface area contributed by atoms with Gasteiger partial charge in [0.2, 0.25) is 0 Å². The summed E-state index contributed by atoms with van der Waals surface area (Å²) in [6.07, 6.45) is 1.47. The number of nitriles is 2. The number of benzene rings is 2. The van der Waals surface area contributed by atoms with Gasteiger partial charge >= 0.3 is 0 Å². The molecule has 2 aromatic carbocycles. The van der Waals surface area contributed by atoms with Crippen molar-refractivity contribution < 1.29 is 4.90 Å². The summed E-state index contributed by atoms with van der Waals surface area (Å²) in [4.78, 5) is 3.30. The van der Waals surface area contributed by atoms with Crippen LogP contribution in [0.4, 0.5) is 11.4 Å². The molecule has 5 rings (SSSR count). The van der Waals surface area contributed by atoms with E-state index in [1.807, 2.05) is 35.2 Å². The number of piperidine rings is 1. The van der Waals surface area contributed by atoms with Gasteiger partial charge in [0.15, 0.2) is 0 Å². The number of anilines is 2. The third-order valence-corrected chi connectivity index (χ3v) is 6.64. The van der Waals surface area contributed by atoms with E-state index >= 15 is 0 Å². The van der Waals surface area contributed by atoms with E-state index in [-0.39, 0.29) is 0 Å². The summed E-state index contributed by atoms with van der Waals surface area (Å²) in [5.41, 5.74) is 10.2. The number of nitrogens with one attached hydrogen (secondary N) is 2. The standard InChI is InChI=1S/C24H22N6/c25-14-18-22(27)30-21-9-5-4-8-20(21)28-23(30)19(15-26)24(18)10-12-29(13-11-24)16-17-6-2-1-3-7-17/h1-9,28H,10-13,16,27H2/p+1. The van der Waals surface area contributed by atoms with E-state index in [2.05, 4.69) is 41.7 Å². The first kappa shape index (κ1) is 18.3. The Morgan fingerprint density at radius 1 is 0.967 bits per heavy atom. The monoisotopic (exact) mass is 395 g/mol. The van der Waals surface area contributed by atoms with Gasteiger partial charge in [0.1, 0.15) is 18.2 Å². The SMILES string of the molecule is N#CC1=C(N)N2C(=C(C#N)C13CC[NH+](Cc1ccccc1)CC3)Nc1ccccc12. The van der Waals surface area contributed by atoms with Crippen molar-refractivity contribution in [2.45, 2.75) is 19.4 Å². The first-order valence-corrected chi connectivity index (χ1v) is 10.3. The Labute approximate surface area is 176 Å². The maximum absolute atomic E-state index is 10.2. The van der Waals surface area contributed by atoms with Crippen molar-refractivity contribution in [1.29, 1.82) is 10.5 Å². The zero-order valence-corrected chi connectivity index (χ0v) is 16.7. The zero-order valence-electron chi connectivity index (χ0n) is 16.7. The molecule has 1 spiro atoms. The van der Waals surface area contributed by atoms with E-state index < -0.39 is 5.41 Å². The molecule has 0 bridgehead atoms. The molecular weight excluding hydrogens is 372 g/mol. The van der Waals surface area contributed by atoms with E-state index in [0.717, 1.165) is 43.9 Å². The minimum absolute atomic E-state index is 0.440. The van der Waals surface area contributed by atoms with Crippen LogP contribution < -0.4 is 20.9 Å². The summed E-state index contributed by atoms with van der Waals surface area (Å²) in [7, 11) is 0. The summed E-state index contributed by atoms with van der Waals surface area (Å²) in [5.74, 6) is 1.15. The molecular formula is C24H23N6+. The number of rotatable bonds is 2. The molecule has 1 saturated heterocycles. The molecule has 0 aliphatic carbocycles. The maximum atomic E-state index is 10.2. The van der Waals surface area contributed by atoms with Gasteiger partial charge in [-0.15, -0.1) is 0 Å². The average molecular weight is 395 g/mol. The maximum Gasteiger partial charge on any atom is 0.131 e. The highest BCUT2D eigenvalue weighted by Crippen LogP contribution is 2.52. The number of nitrogens with zero attached hydrogens (tertiary/aromatic N) is 3. The van der Waals surface area contributed by atoms with Crippen molar-refractivity contribution in [3.05, 3.63) is 82.9 Å². The van der Waals surface area contributed by atoms with Crippen molar-refractivity contribution in [2.24, 2.45) is 11.1 Å². The lowest BCUT2D eigenvalue weighted by Crippen LogP contribution is -3.12. The van der Waals surface area contributed by atoms with Crippen LogP contribution >= 0.6 is 0 Å². The molecule has 6 heteroatoms. The average Bonchev–Trinajstić information content (AvgIpc) is 3.16. The molecule has 4 N–H and O–H groups in total. The predicted molar refractivity (Wildman–Crippen MR) is 115 cm³/mol. The van der Waals surface area contributed by atoms with Crippen LogP contribution in [0, 0.1) is 28.1 Å². The molecule has 6 nitrogen and oxygen atoms in total. The van der Waals surface area contributed by atoms with Crippen molar-refractivity contribution >= 4 is 11.4 Å². The van der Waals surface area contributed by atoms with Crippen LogP contribution in [0.25, 0.3) is 0 Å². The number of para-hydroxylation sites is 2. The second kappa shape index (κ2) is 6.95. The number of allylic oxidation sites excluding steroid dienone is 2. The first-order valence-electron chi connectivity index (χ1n) is 10.3. The molecule has 1 fully saturated rings. The smallest absolute Gasteiger partial charge is 0.131 e. The summed E-state index contributed by atoms with van der Waals surface area (Å²) in [6, 6.07) is 23.1. The predicted octanol–water partition coefficient (Wildman–Crippen LogP) is 2.23. The van der Waals surface area contributed by atoms with Crippen LogP contribution in [-0.2, 0) is 6.54 Å². The van der Waals surface area contributed by atoms with Gasteiger partial charge in [-0.2, -0.15) is 10.5 Å². The Morgan fingerprint density at radius 2 is 1.63 bits per heavy atom. The van der Waals surface area contributed by atoms with E-state index in [0.29, 0.717) is 22.8 Å². The van der Waals surface area contributed by atoms with Gasteiger partial charge in [0.05, 0.1) is 53.2 Å². The van der Waals surface area contributed by atoms with Crippen LogP contribution in [0.5, 0.6) is 0 Å². The van der Waals surface area contributed by atoms with Gasteiger partial charge in [0.25, 0.3) is 0 Å². The normalized spacial score (nSPS) is 24.7. The van der Waals surface area contributed by atoms with Crippen LogP contribution in [0.2, 0.25) is 0 Å². The molecule has 148 valence electrons. The Hall–Kier alpha value is -3.74. The highest BCUT2D eigenvalue weighted by atomic mass is 15.4. The van der Waals surface area contributed by atoms with E-state index in [9.17, 15) is 10.5 Å². The first-order chi connectivity index (χ1) is 14.7. The molecule has 0 unspecified atom stereocenters. The number of nitrogens with two attached hydrogens (primary N) is 1. The lowest BCUT2D eigenvalue weighted by Gasteiger charge is -2.44. The Kier molecular flexibility index (Phi) is 4.24. The highest BCUT2D eigenvalue weighted by Gasteiger charge is 2.51. The fourth-order valence-electron chi connectivity index (χ4n) is 5.13.